The van der Waals surface area contributed by atoms with Crippen LogP contribution in [0.1, 0.15) is 61.7 Å². The van der Waals surface area contributed by atoms with Gasteiger partial charge in [0.1, 0.15) is 5.00 Å². The van der Waals surface area contributed by atoms with Gasteiger partial charge in [0.25, 0.3) is 11.8 Å². The van der Waals surface area contributed by atoms with Crippen LogP contribution in [0.2, 0.25) is 0 Å². The smallest absolute Gasteiger partial charge is 0.278 e. The Morgan fingerprint density at radius 3 is 2.73 bits per heavy atom. The molecule has 2 heterocycles. The Labute approximate surface area is 197 Å². The first-order valence-electron chi connectivity index (χ1n) is 11.2. The number of carbonyl (C=O) groups excluding carboxylic acids is 2. The lowest BCUT2D eigenvalue weighted by molar-refractivity contribution is 0.0948. The van der Waals surface area contributed by atoms with Crippen LogP contribution in [0.15, 0.2) is 28.8 Å². The molecule has 2 N–H and O–H groups in total. The zero-order valence-corrected chi connectivity index (χ0v) is 20.1. The summed E-state index contributed by atoms with van der Waals surface area (Å²) in [6.07, 6.45) is 4.66. The second-order valence-corrected chi connectivity index (χ2v) is 9.45. The van der Waals surface area contributed by atoms with Crippen molar-refractivity contribution >= 4 is 28.2 Å². The molecule has 4 rings (SSSR count). The summed E-state index contributed by atoms with van der Waals surface area (Å²) in [6.45, 7) is 5.18. The molecule has 0 saturated carbocycles. The molecule has 0 spiro atoms. The fourth-order valence-electron chi connectivity index (χ4n) is 3.98. The number of carbonyl (C=O) groups is 2. The van der Waals surface area contributed by atoms with E-state index in [1.807, 2.05) is 32.0 Å². The van der Waals surface area contributed by atoms with Crippen molar-refractivity contribution in [3.63, 3.8) is 0 Å². The summed E-state index contributed by atoms with van der Waals surface area (Å²) >= 11 is 1.49. The van der Waals surface area contributed by atoms with E-state index in [9.17, 15) is 9.59 Å². The minimum Gasteiger partial charge on any atom is -0.385 e. The largest absolute Gasteiger partial charge is 0.385 e. The van der Waals surface area contributed by atoms with E-state index in [0.717, 1.165) is 48.8 Å². The van der Waals surface area contributed by atoms with Crippen LogP contribution in [0.25, 0.3) is 11.3 Å². The highest BCUT2D eigenvalue weighted by atomic mass is 32.1. The number of benzene rings is 1. The summed E-state index contributed by atoms with van der Waals surface area (Å²) in [6, 6.07) is 7.61. The van der Waals surface area contributed by atoms with Gasteiger partial charge in [-0.25, -0.2) is 0 Å². The van der Waals surface area contributed by atoms with E-state index in [0.29, 0.717) is 29.5 Å². The van der Waals surface area contributed by atoms with E-state index < -0.39 is 0 Å². The van der Waals surface area contributed by atoms with Gasteiger partial charge in [-0.05, 0) is 68.7 Å². The molecule has 0 saturated heterocycles. The molecule has 0 aliphatic heterocycles. The Morgan fingerprint density at radius 2 is 1.94 bits per heavy atom. The molecule has 0 bridgehead atoms. The van der Waals surface area contributed by atoms with Crippen LogP contribution in [0, 0.1) is 13.8 Å². The molecule has 8 heteroatoms. The lowest BCUT2D eigenvalue weighted by atomic mass is 9.95. The van der Waals surface area contributed by atoms with E-state index >= 15 is 0 Å². The Kier molecular flexibility index (Phi) is 7.25. The predicted octanol–water partition coefficient (Wildman–Crippen LogP) is 4.92. The molecule has 0 atom stereocenters. The molecular weight excluding hydrogens is 438 g/mol. The van der Waals surface area contributed by atoms with Crippen molar-refractivity contribution in [2.24, 2.45) is 0 Å². The third kappa shape index (κ3) is 5.17. The molecule has 1 aliphatic rings. The van der Waals surface area contributed by atoms with Crippen molar-refractivity contribution in [1.29, 1.82) is 0 Å². The summed E-state index contributed by atoms with van der Waals surface area (Å²) in [7, 11) is 1.64. The average Bonchev–Trinajstić information content (AvgIpc) is 3.43. The van der Waals surface area contributed by atoms with Gasteiger partial charge in [0, 0.05) is 36.8 Å². The SMILES string of the molecule is COCCCNC(=O)c1c(NC(=O)c2cc(-c3ccc(C)c(C)c3)on2)sc2c1CCCC2. The van der Waals surface area contributed by atoms with Crippen molar-refractivity contribution in [2.75, 3.05) is 25.6 Å². The molecule has 1 aromatic carbocycles. The van der Waals surface area contributed by atoms with Crippen LogP contribution in [0.5, 0.6) is 0 Å². The van der Waals surface area contributed by atoms with Crippen molar-refractivity contribution < 1.29 is 18.8 Å². The van der Waals surface area contributed by atoms with E-state index in [4.69, 9.17) is 9.26 Å². The van der Waals surface area contributed by atoms with E-state index in [1.54, 1.807) is 13.2 Å². The second kappa shape index (κ2) is 10.3. The van der Waals surface area contributed by atoms with Gasteiger partial charge in [-0.15, -0.1) is 11.3 Å². The summed E-state index contributed by atoms with van der Waals surface area (Å²) in [5.74, 6) is -0.0116. The Hall–Kier alpha value is -2.97. The summed E-state index contributed by atoms with van der Waals surface area (Å²) < 4.78 is 10.5. The second-order valence-electron chi connectivity index (χ2n) is 8.35. The number of thiophene rings is 1. The van der Waals surface area contributed by atoms with Crippen molar-refractivity contribution in [3.8, 4) is 11.3 Å². The molecule has 1 aliphatic carbocycles. The molecule has 33 heavy (non-hydrogen) atoms. The summed E-state index contributed by atoms with van der Waals surface area (Å²) in [4.78, 5) is 27.2. The molecule has 0 radical (unpaired) electrons. The normalized spacial score (nSPS) is 12.9. The fourth-order valence-corrected chi connectivity index (χ4v) is 5.26. The summed E-state index contributed by atoms with van der Waals surface area (Å²) in [5, 5.41) is 10.4. The van der Waals surface area contributed by atoms with E-state index in [2.05, 4.69) is 15.8 Å². The van der Waals surface area contributed by atoms with Crippen LogP contribution in [0.4, 0.5) is 5.00 Å². The van der Waals surface area contributed by atoms with Crippen LogP contribution >= 0.6 is 11.3 Å². The lowest BCUT2D eigenvalue weighted by Crippen LogP contribution is -2.27. The number of methoxy groups -OCH3 is 1. The molecule has 3 aromatic rings. The number of hydrogen-bond donors (Lipinski definition) is 2. The van der Waals surface area contributed by atoms with Crippen LogP contribution in [0.3, 0.4) is 0 Å². The average molecular weight is 468 g/mol. The quantitative estimate of drug-likeness (QED) is 0.459. The minimum atomic E-state index is -0.388. The topological polar surface area (TPSA) is 93.5 Å². The standard InChI is InChI=1S/C25H29N3O4S/c1-15-9-10-17(13-16(15)2)20-14-19(28-32-20)23(29)27-25-22(24(30)26-11-6-12-31-3)18-7-4-5-8-21(18)33-25/h9-10,13-14H,4-8,11-12H2,1-3H3,(H,26,30)(H,27,29). The van der Waals surface area contributed by atoms with Crippen molar-refractivity contribution in [1.82, 2.24) is 10.5 Å². The van der Waals surface area contributed by atoms with Gasteiger partial charge >= 0.3 is 0 Å². The first-order valence-corrected chi connectivity index (χ1v) is 12.1. The first-order chi connectivity index (χ1) is 16.0. The maximum Gasteiger partial charge on any atom is 0.278 e. The molecule has 0 unspecified atom stereocenters. The monoisotopic (exact) mass is 467 g/mol. The number of fused-ring (bicyclic) bond motifs is 1. The van der Waals surface area contributed by atoms with E-state index in [1.165, 1.54) is 21.8 Å². The number of aryl methyl sites for hydroxylation is 3. The lowest BCUT2D eigenvalue weighted by Gasteiger charge is -2.13. The summed E-state index contributed by atoms with van der Waals surface area (Å²) in [5.41, 5.74) is 5.01. The number of nitrogens with one attached hydrogen (secondary N) is 2. The number of nitrogens with zero attached hydrogens (tertiary/aromatic N) is 1. The van der Waals surface area contributed by atoms with Crippen molar-refractivity contribution in [3.05, 3.63) is 57.1 Å². The third-order valence-electron chi connectivity index (χ3n) is 5.97. The number of ether oxygens (including phenoxy) is 1. The zero-order valence-electron chi connectivity index (χ0n) is 19.2. The van der Waals surface area contributed by atoms with Gasteiger partial charge in [-0.3, -0.25) is 9.59 Å². The zero-order chi connectivity index (χ0) is 23.4. The highest BCUT2D eigenvalue weighted by molar-refractivity contribution is 7.17. The van der Waals surface area contributed by atoms with Crippen LogP contribution in [-0.4, -0.2) is 37.2 Å². The number of amides is 2. The fraction of sp³-hybridized carbons (Fsp3) is 0.400. The Bertz CT molecular complexity index is 1160. The van der Waals surface area contributed by atoms with Gasteiger partial charge in [-0.2, -0.15) is 0 Å². The molecule has 174 valence electrons. The molecular formula is C25H29N3O4S. The number of aromatic nitrogens is 1. The minimum absolute atomic E-state index is 0.156. The Morgan fingerprint density at radius 1 is 1.12 bits per heavy atom. The number of hydrogen-bond acceptors (Lipinski definition) is 6. The van der Waals surface area contributed by atoms with Gasteiger partial charge in [0.15, 0.2) is 11.5 Å². The number of rotatable bonds is 8. The van der Waals surface area contributed by atoms with Gasteiger partial charge in [0.05, 0.1) is 5.56 Å². The molecule has 0 fully saturated rings. The van der Waals surface area contributed by atoms with Crippen LogP contribution < -0.4 is 10.6 Å². The Balaban J connectivity index is 1.54. The van der Waals surface area contributed by atoms with E-state index in [-0.39, 0.29) is 17.5 Å². The molecule has 7 nitrogen and oxygen atoms in total. The highest BCUT2D eigenvalue weighted by Crippen LogP contribution is 2.38. The molecule has 2 amide bonds. The van der Waals surface area contributed by atoms with Gasteiger partial charge < -0.3 is 19.9 Å². The predicted molar refractivity (Wildman–Crippen MR) is 129 cm³/mol. The van der Waals surface area contributed by atoms with Gasteiger partial charge in [-0.1, -0.05) is 17.3 Å². The van der Waals surface area contributed by atoms with Gasteiger partial charge in [0.2, 0.25) is 0 Å². The highest BCUT2D eigenvalue weighted by Gasteiger charge is 2.27. The third-order valence-corrected chi connectivity index (χ3v) is 7.18. The van der Waals surface area contributed by atoms with Crippen molar-refractivity contribution in [2.45, 2.75) is 46.0 Å². The number of anilines is 1. The maximum atomic E-state index is 13.0. The first kappa shape index (κ1) is 23.2. The molecule has 2 aromatic heterocycles. The maximum absolute atomic E-state index is 13.0. The van der Waals surface area contributed by atoms with Crippen LogP contribution in [-0.2, 0) is 17.6 Å².